The van der Waals surface area contributed by atoms with Crippen molar-refractivity contribution in [1.29, 1.82) is 0 Å². The summed E-state index contributed by atoms with van der Waals surface area (Å²) in [5.41, 5.74) is 1.08. The molecule has 5 heterocycles. The largest absolute Gasteiger partial charge is 0.339 e. The third kappa shape index (κ3) is 3.86. The third-order valence-corrected chi connectivity index (χ3v) is 7.11. The summed E-state index contributed by atoms with van der Waals surface area (Å²) in [4.78, 5) is 28.3. The van der Waals surface area contributed by atoms with Crippen molar-refractivity contribution in [3.8, 4) is 5.69 Å². The number of carbonyl (C=O) groups excluding carboxylic acids is 1. The number of nitrogens with one attached hydrogen (secondary N) is 1. The summed E-state index contributed by atoms with van der Waals surface area (Å²) in [6, 6.07) is 4.44. The SMILES string of the molecule is O=C([C@@H]1C[C@H](N2CCN(c3nccn3-c3ccncc3)CC2)CN1)N1CCSC1. The van der Waals surface area contributed by atoms with Crippen LogP contribution in [0, 0.1) is 0 Å². The third-order valence-electron chi connectivity index (χ3n) is 6.15. The van der Waals surface area contributed by atoms with Crippen LogP contribution in [0.15, 0.2) is 36.9 Å². The summed E-state index contributed by atoms with van der Waals surface area (Å²) in [5, 5.41) is 3.47. The molecule has 0 radical (unpaired) electrons. The average molecular weight is 414 g/mol. The predicted molar refractivity (Wildman–Crippen MR) is 114 cm³/mol. The predicted octanol–water partition coefficient (Wildman–Crippen LogP) is 0.653. The molecule has 3 saturated heterocycles. The Bertz CT molecular complexity index is 830. The topological polar surface area (TPSA) is 69.5 Å². The minimum atomic E-state index is -0.0117. The van der Waals surface area contributed by atoms with E-state index in [0.29, 0.717) is 6.04 Å². The number of thioether (sulfide) groups is 1. The maximum Gasteiger partial charge on any atom is 0.240 e. The summed E-state index contributed by atoms with van der Waals surface area (Å²) in [6.07, 6.45) is 8.40. The van der Waals surface area contributed by atoms with E-state index in [1.807, 2.05) is 53.6 Å². The number of nitrogens with zero attached hydrogens (tertiary/aromatic N) is 6. The van der Waals surface area contributed by atoms with Crippen LogP contribution in [-0.2, 0) is 4.79 Å². The Kier molecular flexibility index (Phi) is 5.43. The van der Waals surface area contributed by atoms with Gasteiger partial charge in [-0.25, -0.2) is 4.98 Å². The van der Waals surface area contributed by atoms with Crippen LogP contribution in [0.25, 0.3) is 5.69 Å². The van der Waals surface area contributed by atoms with Gasteiger partial charge in [0.25, 0.3) is 0 Å². The van der Waals surface area contributed by atoms with E-state index in [1.165, 1.54) is 0 Å². The highest BCUT2D eigenvalue weighted by Gasteiger charge is 2.36. The van der Waals surface area contributed by atoms with Crippen molar-refractivity contribution < 1.29 is 4.79 Å². The number of imidazole rings is 1. The Morgan fingerprint density at radius 3 is 2.69 bits per heavy atom. The smallest absolute Gasteiger partial charge is 0.240 e. The van der Waals surface area contributed by atoms with Gasteiger partial charge in [0.2, 0.25) is 11.9 Å². The number of amides is 1. The minimum Gasteiger partial charge on any atom is -0.339 e. The number of carbonyl (C=O) groups is 1. The molecule has 2 atom stereocenters. The molecule has 0 saturated carbocycles. The van der Waals surface area contributed by atoms with Crippen molar-refractivity contribution in [2.45, 2.75) is 18.5 Å². The van der Waals surface area contributed by atoms with Gasteiger partial charge in [-0.15, -0.1) is 11.8 Å². The highest BCUT2D eigenvalue weighted by atomic mass is 32.2. The van der Waals surface area contributed by atoms with Gasteiger partial charge in [-0.1, -0.05) is 0 Å². The quantitative estimate of drug-likeness (QED) is 0.789. The summed E-state index contributed by atoms with van der Waals surface area (Å²) in [5.74, 6) is 3.19. The Morgan fingerprint density at radius 1 is 1.10 bits per heavy atom. The van der Waals surface area contributed by atoms with Gasteiger partial charge in [0.15, 0.2) is 0 Å². The number of rotatable bonds is 4. The molecular formula is C20H27N7OS. The van der Waals surface area contributed by atoms with E-state index in [1.54, 1.807) is 0 Å². The van der Waals surface area contributed by atoms with E-state index in [-0.39, 0.29) is 11.9 Å². The van der Waals surface area contributed by atoms with Gasteiger partial charge in [0.05, 0.1) is 17.6 Å². The first-order valence-corrected chi connectivity index (χ1v) is 11.5. The lowest BCUT2D eigenvalue weighted by Gasteiger charge is -2.38. The molecule has 0 bridgehead atoms. The Morgan fingerprint density at radius 2 is 1.93 bits per heavy atom. The van der Waals surface area contributed by atoms with Gasteiger partial charge in [-0.3, -0.25) is 19.2 Å². The molecule has 2 aromatic rings. The second-order valence-electron chi connectivity index (χ2n) is 7.82. The first kappa shape index (κ1) is 18.9. The number of pyridine rings is 1. The number of anilines is 1. The fraction of sp³-hybridized carbons (Fsp3) is 0.550. The van der Waals surface area contributed by atoms with Crippen LogP contribution in [0.4, 0.5) is 5.95 Å². The van der Waals surface area contributed by atoms with E-state index in [4.69, 9.17) is 0 Å². The lowest BCUT2D eigenvalue weighted by atomic mass is 10.1. The summed E-state index contributed by atoms with van der Waals surface area (Å²) >= 11 is 1.85. The van der Waals surface area contributed by atoms with Crippen LogP contribution in [0.2, 0.25) is 0 Å². The lowest BCUT2D eigenvalue weighted by Crippen LogP contribution is -2.51. The second kappa shape index (κ2) is 8.33. The highest BCUT2D eigenvalue weighted by Crippen LogP contribution is 2.23. The first-order chi connectivity index (χ1) is 14.3. The van der Waals surface area contributed by atoms with Crippen LogP contribution in [0.3, 0.4) is 0 Å². The van der Waals surface area contributed by atoms with E-state index >= 15 is 0 Å². The molecule has 154 valence electrons. The lowest BCUT2D eigenvalue weighted by molar-refractivity contribution is -0.131. The fourth-order valence-electron chi connectivity index (χ4n) is 4.51. The summed E-state index contributed by atoms with van der Waals surface area (Å²) in [6.45, 7) is 5.68. The van der Waals surface area contributed by atoms with Crippen LogP contribution < -0.4 is 10.2 Å². The normalized spacial score (nSPS) is 25.7. The van der Waals surface area contributed by atoms with Crippen molar-refractivity contribution in [1.82, 2.24) is 29.7 Å². The second-order valence-corrected chi connectivity index (χ2v) is 8.89. The Balaban J connectivity index is 1.18. The molecule has 3 aliphatic rings. The van der Waals surface area contributed by atoms with Gasteiger partial charge in [-0.2, -0.15) is 0 Å². The van der Waals surface area contributed by atoms with Gasteiger partial charge >= 0.3 is 0 Å². The van der Waals surface area contributed by atoms with E-state index in [2.05, 4.69) is 29.7 Å². The van der Waals surface area contributed by atoms with Gasteiger partial charge in [0.1, 0.15) is 0 Å². The Labute approximate surface area is 175 Å². The summed E-state index contributed by atoms with van der Waals surface area (Å²) < 4.78 is 2.12. The van der Waals surface area contributed by atoms with Crippen LogP contribution in [0.5, 0.6) is 0 Å². The minimum absolute atomic E-state index is 0.0117. The van der Waals surface area contributed by atoms with E-state index in [9.17, 15) is 4.79 Å². The highest BCUT2D eigenvalue weighted by molar-refractivity contribution is 7.99. The number of hydrogen-bond acceptors (Lipinski definition) is 7. The van der Waals surface area contributed by atoms with Gasteiger partial charge < -0.3 is 15.1 Å². The molecule has 0 aliphatic carbocycles. The number of aromatic nitrogens is 3. The van der Waals surface area contributed by atoms with Crippen molar-refractivity contribution in [3.63, 3.8) is 0 Å². The zero-order valence-electron chi connectivity index (χ0n) is 16.5. The van der Waals surface area contributed by atoms with Gasteiger partial charge in [-0.05, 0) is 18.6 Å². The molecule has 1 N–H and O–H groups in total. The van der Waals surface area contributed by atoms with Crippen LogP contribution >= 0.6 is 11.8 Å². The molecule has 0 unspecified atom stereocenters. The number of piperazine rings is 1. The molecule has 8 nitrogen and oxygen atoms in total. The van der Waals surface area contributed by atoms with Crippen molar-refractivity contribution in [2.75, 3.05) is 55.8 Å². The standard InChI is InChI=1S/C20H27N7OS/c28-19(26-11-12-29-15-26)18-13-17(14-23-18)24-7-9-25(10-8-24)20-22-5-6-27(20)16-1-3-21-4-2-16/h1-6,17-18,23H,7-15H2/t17-,18-/m0/s1. The molecule has 2 aromatic heterocycles. The molecule has 0 spiro atoms. The molecule has 29 heavy (non-hydrogen) atoms. The maximum absolute atomic E-state index is 12.7. The molecule has 3 aliphatic heterocycles. The summed E-state index contributed by atoms with van der Waals surface area (Å²) in [7, 11) is 0. The zero-order chi connectivity index (χ0) is 19.6. The van der Waals surface area contributed by atoms with Crippen molar-refractivity contribution in [2.24, 2.45) is 0 Å². The fourth-order valence-corrected chi connectivity index (χ4v) is 5.47. The van der Waals surface area contributed by atoms with E-state index < -0.39 is 0 Å². The average Bonchev–Trinajstić information content (AvgIpc) is 3.56. The molecule has 9 heteroatoms. The maximum atomic E-state index is 12.7. The van der Waals surface area contributed by atoms with Crippen LogP contribution in [-0.4, -0.2) is 93.2 Å². The molecule has 5 rings (SSSR count). The molecular weight excluding hydrogens is 386 g/mol. The molecule has 1 amide bonds. The van der Waals surface area contributed by atoms with Crippen molar-refractivity contribution >= 4 is 23.6 Å². The van der Waals surface area contributed by atoms with E-state index in [0.717, 1.165) is 69.0 Å². The van der Waals surface area contributed by atoms with Gasteiger partial charge in [0, 0.05) is 75.9 Å². The first-order valence-electron chi connectivity index (χ1n) is 10.3. The van der Waals surface area contributed by atoms with Crippen molar-refractivity contribution in [3.05, 3.63) is 36.9 Å². The number of hydrogen-bond donors (Lipinski definition) is 1. The zero-order valence-corrected chi connectivity index (χ0v) is 17.3. The molecule has 3 fully saturated rings. The van der Waals surface area contributed by atoms with Crippen LogP contribution in [0.1, 0.15) is 6.42 Å². The molecule has 0 aromatic carbocycles. The Hall–Kier alpha value is -2.10. The monoisotopic (exact) mass is 413 g/mol.